The van der Waals surface area contributed by atoms with Crippen molar-refractivity contribution < 1.29 is 4.79 Å². The third kappa shape index (κ3) is 5.21. The van der Waals surface area contributed by atoms with E-state index in [1.165, 1.54) is 11.8 Å². The molecule has 1 amide bonds. The molecule has 0 atom stereocenters. The van der Waals surface area contributed by atoms with Crippen LogP contribution < -0.4 is 5.32 Å². The average Bonchev–Trinajstić information content (AvgIpc) is 3.16. The number of carbonyl (C=O) groups is 1. The third-order valence-corrected chi connectivity index (χ3v) is 5.61. The van der Waals surface area contributed by atoms with Gasteiger partial charge in [0.25, 0.3) is 0 Å². The Morgan fingerprint density at radius 3 is 2.63 bits per heavy atom. The second-order valence-corrected chi connectivity index (χ2v) is 8.29. The van der Waals surface area contributed by atoms with Crippen LogP contribution in [-0.2, 0) is 4.79 Å². The van der Waals surface area contributed by atoms with Crippen molar-refractivity contribution in [3.63, 3.8) is 0 Å². The van der Waals surface area contributed by atoms with Gasteiger partial charge in [0.1, 0.15) is 0 Å². The Hall–Kier alpha value is -2.82. The van der Waals surface area contributed by atoms with Crippen LogP contribution >= 0.6 is 23.4 Å². The summed E-state index contributed by atoms with van der Waals surface area (Å²) in [6.45, 7) is 4.62. The fourth-order valence-electron chi connectivity index (χ4n) is 2.98. The highest BCUT2D eigenvalue weighted by Crippen LogP contribution is 2.32. The van der Waals surface area contributed by atoms with E-state index >= 15 is 0 Å². The molecule has 0 aliphatic carbocycles. The largest absolute Gasteiger partial charge is 0.354 e. The van der Waals surface area contributed by atoms with Crippen LogP contribution in [0.4, 0.5) is 0 Å². The van der Waals surface area contributed by atoms with E-state index in [0.717, 1.165) is 16.8 Å². The lowest BCUT2D eigenvalue weighted by atomic mass is 10.0. The Labute approximate surface area is 185 Å². The van der Waals surface area contributed by atoms with Gasteiger partial charge in [0.05, 0.1) is 23.9 Å². The van der Waals surface area contributed by atoms with Crippen LogP contribution in [0.15, 0.2) is 53.7 Å². The fraction of sp³-hybridized carbons (Fsp3) is 0.273. The Morgan fingerprint density at radius 1 is 1.20 bits per heavy atom. The van der Waals surface area contributed by atoms with Crippen molar-refractivity contribution >= 4 is 29.3 Å². The number of hydrogen-bond acceptors (Lipinski definition) is 5. The van der Waals surface area contributed by atoms with Crippen molar-refractivity contribution in [2.24, 2.45) is 0 Å². The Balaban J connectivity index is 1.99. The van der Waals surface area contributed by atoms with Crippen LogP contribution in [0.2, 0.25) is 5.02 Å². The molecule has 0 unspecified atom stereocenters. The predicted molar refractivity (Wildman–Crippen MR) is 120 cm³/mol. The van der Waals surface area contributed by atoms with E-state index in [1.54, 1.807) is 0 Å². The van der Waals surface area contributed by atoms with Gasteiger partial charge in [-0.05, 0) is 41.8 Å². The SMILES string of the molecule is CC(C)c1ccccc1-n1c(SCC(=O)NCCC#N)nnc1-c1ccc(Cl)cc1. The molecule has 1 aromatic heterocycles. The van der Waals surface area contributed by atoms with E-state index in [2.05, 4.69) is 35.4 Å². The van der Waals surface area contributed by atoms with Crippen LogP contribution in [0.1, 0.15) is 31.7 Å². The molecule has 8 heteroatoms. The molecule has 0 aliphatic heterocycles. The zero-order valence-electron chi connectivity index (χ0n) is 16.8. The number of aromatic nitrogens is 3. The summed E-state index contributed by atoms with van der Waals surface area (Å²) in [4.78, 5) is 12.1. The monoisotopic (exact) mass is 439 g/mol. The molecule has 3 rings (SSSR count). The quantitative estimate of drug-likeness (QED) is 0.401. The summed E-state index contributed by atoms with van der Waals surface area (Å²) in [7, 11) is 0. The molecule has 0 saturated heterocycles. The lowest BCUT2D eigenvalue weighted by molar-refractivity contribution is -0.118. The molecular formula is C22H22ClN5OS. The minimum Gasteiger partial charge on any atom is -0.354 e. The number of nitrogens with one attached hydrogen (secondary N) is 1. The predicted octanol–water partition coefficient (Wildman–Crippen LogP) is 4.83. The van der Waals surface area contributed by atoms with Gasteiger partial charge in [-0.3, -0.25) is 9.36 Å². The third-order valence-electron chi connectivity index (χ3n) is 4.43. The van der Waals surface area contributed by atoms with Gasteiger partial charge in [-0.25, -0.2) is 0 Å². The highest BCUT2D eigenvalue weighted by atomic mass is 35.5. The Bertz CT molecular complexity index is 1060. The first-order valence-corrected chi connectivity index (χ1v) is 10.9. The Kier molecular flexibility index (Phi) is 7.50. The number of hydrogen-bond donors (Lipinski definition) is 1. The minimum atomic E-state index is -0.144. The molecule has 0 bridgehead atoms. The summed E-state index contributed by atoms with van der Waals surface area (Å²) < 4.78 is 1.99. The number of halogens is 1. The number of rotatable bonds is 8. The van der Waals surface area contributed by atoms with Gasteiger partial charge in [-0.15, -0.1) is 10.2 Å². The molecule has 0 spiro atoms. The molecule has 30 heavy (non-hydrogen) atoms. The maximum atomic E-state index is 12.1. The van der Waals surface area contributed by atoms with E-state index in [4.69, 9.17) is 16.9 Å². The maximum Gasteiger partial charge on any atom is 0.230 e. The van der Waals surface area contributed by atoms with Crippen molar-refractivity contribution in [1.29, 1.82) is 5.26 Å². The normalized spacial score (nSPS) is 10.8. The zero-order chi connectivity index (χ0) is 21.5. The van der Waals surface area contributed by atoms with E-state index in [0.29, 0.717) is 28.5 Å². The summed E-state index contributed by atoms with van der Waals surface area (Å²) in [5.41, 5.74) is 3.03. The first-order chi connectivity index (χ1) is 14.5. The number of amides is 1. The molecule has 0 saturated carbocycles. The minimum absolute atomic E-state index is 0.144. The molecule has 0 aliphatic rings. The molecule has 1 heterocycles. The second kappa shape index (κ2) is 10.3. The standard InChI is InChI=1S/C22H22ClN5OS/c1-15(2)18-6-3-4-7-19(18)28-21(16-8-10-17(23)11-9-16)26-27-22(28)30-14-20(29)25-13-5-12-24/h3-4,6-11,15H,5,13-14H2,1-2H3,(H,25,29). The summed E-state index contributed by atoms with van der Waals surface area (Å²) in [5, 5.41) is 21.4. The van der Waals surface area contributed by atoms with E-state index in [-0.39, 0.29) is 18.1 Å². The molecule has 0 radical (unpaired) electrons. The maximum absolute atomic E-state index is 12.1. The fourth-order valence-corrected chi connectivity index (χ4v) is 3.89. The zero-order valence-corrected chi connectivity index (χ0v) is 18.4. The van der Waals surface area contributed by atoms with Crippen molar-refractivity contribution in [1.82, 2.24) is 20.1 Å². The average molecular weight is 440 g/mol. The molecule has 154 valence electrons. The first-order valence-electron chi connectivity index (χ1n) is 9.58. The van der Waals surface area contributed by atoms with Crippen molar-refractivity contribution in [2.45, 2.75) is 31.3 Å². The van der Waals surface area contributed by atoms with E-state index < -0.39 is 0 Å². The lowest BCUT2D eigenvalue weighted by Gasteiger charge is -2.17. The van der Waals surface area contributed by atoms with Gasteiger partial charge < -0.3 is 5.32 Å². The van der Waals surface area contributed by atoms with Crippen molar-refractivity contribution in [2.75, 3.05) is 12.3 Å². The molecule has 6 nitrogen and oxygen atoms in total. The number of carbonyl (C=O) groups excluding carboxylic acids is 1. The number of para-hydroxylation sites is 1. The van der Waals surface area contributed by atoms with E-state index in [9.17, 15) is 4.79 Å². The second-order valence-electron chi connectivity index (χ2n) is 6.91. The number of benzene rings is 2. The van der Waals surface area contributed by atoms with Gasteiger partial charge >= 0.3 is 0 Å². The molecular weight excluding hydrogens is 418 g/mol. The highest BCUT2D eigenvalue weighted by molar-refractivity contribution is 7.99. The highest BCUT2D eigenvalue weighted by Gasteiger charge is 2.20. The summed E-state index contributed by atoms with van der Waals surface area (Å²) in [6.07, 6.45) is 0.287. The lowest BCUT2D eigenvalue weighted by Crippen LogP contribution is -2.26. The van der Waals surface area contributed by atoms with Gasteiger partial charge in [-0.2, -0.15) is 5.26 Å². The molecule has 1 N–H and O–H groups in total. The van der Waals surface area contributed by atoms with Crippen LogP contribution in [0.5, 0.6) is 0 Å². The molecule has 0 fully saturated rings. The van der Waals surface area contributed by atoms with Crippen molar-refractivity contribution in [3.05, 3.63) is 59.1 Å². The van der Waals surface area contributed by atoms with Gasteiger partial charge in [0.15, 0.2) is 11.0 Å². The van der Waals surface area contributed by atoms with Crippen LogP contribution in [0.3, 0.4) is 0 Å². The van der Waals surface area contributed by atoms with Crippen molar-refractivity contribution in [3.8, 4) is 23.1 Å². The summed E-state index contributed by atoms with van der Waals surface area (Å²) in [5.74, 6) is 1.03. The topological polar surface area (TPSA) is 83.6 Å². The summed E-state index contributed by atoms with van der Waals surface area (Å²) >= 11 is 7.37. The molecule has 2 aromatic carbocycles. The smallest absolute Gasteiger partial charge is 0.230 e. The van der Waals surface area contributed by atoms with Crippen LogP contribution in [-0.4, -0.2) is 33.0 Å². The number of nitriles is 1. The first kappa shape index (κ1) is 21.9. The Morgan fingerprint density at radius 2 is 1.93 bits per heavy atom. The summed E-state index contributed by atoms with van der Waals surface area (Å²) in [6, 6.07) is 17.6. The number of thioether (sulfide) groups is 1. The van der Waals surface area contributed by atoms with E-state index in [1.807, 2.05) is 53.1 Å². The van der Waals surface area contributed by atoms with Crippen LogP contribution in [0.25, 0.3) is 17.1 Å². The van der Waals surface area contributed by atoms with Crippen LogP contribution in [0, 0.1) is 11.3 Å². The van der Waals surface area contributed by atoms with Gasteiger partial charge in [0, 0.05) is 17.1 Å². The molecule has 3 aromatic rings. The van der Waals surface area contributed by atoms with Gasteiger partial charge in [0.2, 0.25) is 5.91 Å². The number of nitrogens with zero attached hydrogens (tertiary/aromatic N) is 4. The van der Waals surface area contributed by atoms with Gasteiger partial charge in [-0.1, -0.05) is 55.4 Å².